The molecule has 0 radical (unpaired) electrons. The Morgan fingerprint density at radius 2 is 1.97 bits per heavy atom. The molecule has 2 aromatic carbocycles. The van der Waals surface area contributed by atoms with Gasteiger partial charge in [-0.25, -0.2) is 18.7 Å². The molecule has 1 amide bonds. The van der Waals surface area contributed by atoms with Gasteiger partial charge in [0, 0.05) is 50.4 Å². The van der Waals surface area contributed by atoms with Gasteiger partial charge < -0.3 is 20.1 Å². The molecule has 0 aliphatic carbocycles. The summed E-state index contributed by atoms with van der Waals surface area (Å²) in [4.78, 5) is 24.3. The van der Waals surface area contributed by atoms with Gasteiger partial charge in [-0.3, -0.25) is 4.79 Å². The predicted octanol–water partition coefficient (Wildman–Crippen LogP) is 4.37. The minimum Gasteiger partial charge on any atom is -0.369 e. The molecule has 2 aromatic heterocycles. The Balaban J connectivity index is 1.23. The van der Waals surface area contributed by atoms with Gasteiger partial charge in [0.2, 0.25) is 5.91 Å². The number of fused-ring (bicyclic) bond motifs is 1. The fourth-order valence-electron chi connectivity index (χ4n) is 4.95. The van der Waals surface area contributed by atoms with E-state index in [-0.39, 0.29) is 24.9 Å². The maximum absolute atomic E-state index is 13.8. The molecule has 198 valence electrons. The number of carbonyl (C=O) groups is 1. The zero-order valence-corrected chi connectivity index (χ0v) is 21.6. The van der Waals surface area contributed by atoms with Gasteiger partial charge in [0.15, 0.2) is 17.3 Å². The molecular formula is C29H32F2N6O. The van der Waals surface area contributed by atoms with Crippen LogP contribution in [0.2, 0.25) is 0 Å². The van der Waals surface area contributed by atoms with Crippen molar-refractivity contribution in [1.29, 1.82) is 0 Å². The first-order chi connectivity index (χ1) is 18.4. The number of hydrogen-bond acceptors (Lipinski definition) is 5. The Hall–Kier alpha value is -3.85. The van der Waals surface area contributed by atoms with Crippen LogP contribution in [-0.4, -0.2) is 46.1 Å². The molecule has 0 saturated carbocycles. The largest absolute Gasteiger partial charge is 0.369 e. The van der Waals surface area contributed by atoms with Crippen LogP contribution in [0.25, 0.3) is 11.2 Å². The van der Waals surface area contributed by atoms with Crippen LogP contribution in [0.3, 0.4) is 0 Å². The number of aryl methyl sites for hydroxylation is 1. The standard InChI is InChI=1S/C29H32F2N6O/c1-19-17-36(15-14-32-19)23-8-6-22(7-9-23)20(2)34-28(38)12-11-27-35-26-4-3-13-33-29(26)37(27)18-21-5-10-24(30)25(31)16-21/h3-10,13,16,19-20,32H,11-12,14-15,17-18H2,1-2H3,(H,34,38)/t19-,20?/m0/s1. The fraction of sp³-hybridized carbons (Fsp3) is 0.345. The van der Waals surface area contributed by atoms with E-state index in [9.17, 15) is 13.6 Å². The van der Waals surface area contributed by atoms with Crippen LogP contribution in [0.1, 0.15) is 43.3 Å². The van der Waals surface area contributed by atoms with Gasteiger partial charge in [-0.2, -0.15) is 0 Å². The van der Waals surface area contributed by atoms with Crippen LogP contribution in [0.5, 0.6) is 0 Å². The summed E-state index contributed by atoms with van der Waals surface area (Å²) in [6, 6.07) is 16.2. The number of nitrogens with one attached hydrogen (secondary N) is 2. The predicted molar refractivity (Wildman–Crippen MR) is 144 cm³/mol. The number of aromatic nitrogens is 3. The van der Waals surface area contributed by atoms with Crippen molar-refractivity contribution in [1.82, 2.24) is 25.2 Å². The Bertz CT molecular complexity index is 1420. The molecule has 1 aliphatic heterocycles. The minimum atomic E-state index is -0.898. The van der Waals surface area contributed by atoms with Crippen molar-refractivity contribution in [2.75, 3.05) is 24.5 Å². The van der Waals surface area contributed by atoms with Crippen molar-refractivity contribution in [3.8, 4) is 0 Å². The third kappa shape index (κ3) is 5.83. The van der Waals surface area contributed by atoms with Crippen LogP contribution in [0, 0.1) is 11.6 Å². The molecule has 1 fully saturated rings. The van der Waals surface area contributed by atoms with Gasteiger partial charge in [-0.1, -0.05) is 18.2 Å². The number of anilines is 1. The summed E-state index contributed by atoms with van der Waals surface area (Å²) in [6.07, 6.45) is 2.29. The van der Waals surface area contributed by atoms with E-state index in [0.29, 0.717) is 35.0 Å². The molecule has 0 bridgehead atoms. The highest BCUT2D eigenvalue weighted by Crippen LogP contribution is 2.22. The number of hydrogen-bond donors (Lipinski definition) is 2. The van der Waals surface area contributed by atoms with Gasteiger partial charge in [-0.15, -0.1) is 0 Å². The normalized spacial score (nSPS) is 16.5. The van der Waals surface area contributed by atoms with E-state index in [1.54, 1.807) is 18.3 Å². The Morgan fingerprint density at radius 3 is 2.74 bits per heavy atom. The third-order valence-electron chi connectivity index (χ3n) is 6.99. The summed E-state index contributed by atoms with van der Waals surface area (Å²) in [6.45, 7) is 7.36. The van der Waals surface area contributed by atoms with Crippen molar-refractivity contribution >= 4 is 22.8 Å². The highest BCUT2D eigenvalue weighted by atomic mass is 19.2. The zero-order valence-electron chi connectivity index (χ0n) is 21.6. The maximum Gasteiger partial charge on any atom is 0.220 e. The van der Waals surface area contributed by atoms with E-state index >= 15 is 0 Å². The molecule has 7 nitrogen and oxygen atoms in total. The van der Waals surface area contributed by atoms with E-state index in [4.69, 9.17) is 0 Å². The van der Waals surface area contributed by atoms with Gasteiger partial charge in [-0.05, 0) is 61.4 Å². The summed E-state index contributed by atoms with van der Waals surface area (Å²) in [5.74, 6) is -1.20. The van der Waals surface area contributed by atoms with Crippen LogP contribution >= 0.6 is 0 Å². The molecule has 2 atom stereocenters. The lowest BCUT2D eigenvalue weighted by molar-refractivity contribution is -0.121. The molecule has 1 unspecified atom stereocenters. The fourth-order valence-corrected chi connectivity index (χ4v) is 4.95. The molecule has 3 heterocycles. The van der Waals surface area contributed by atoms with Crippen LogP contribution in [-0.2, 0) is 17.8 Å². The number of carbonyl (C=O) groups excluding carboxylic acids is 1. The summed E-state index contributed by atoms with van der Waals surface area (Å²) >= 11 is 0. The summed E-state index contributed by atoms with van der Waals surface area (Å²) in [7, 11) is 0. The van der Waals surface area contributed by atoms with Gasteiger partial charge in [0.25, 0.3) is 0 Å². The first-order valence-electron chi connectivity index (χ1n) is 13.0. The molecular weight excluding hydrogens is 486 g/mol. The second-order valence-corrected chi connectivity index (χ2v) is 9.89. The number of piperazine rings is 1. The summed E-state index contributed by atoms with van der Waals surface area (Å²) in [5, 5.41) is 6.54. The van der Waals surface area contributed by atoms with E-state index in [0.717, 1.165) is 31.3 Å². The quantitative estimate of drug-likeness (QED) is 0.363. The SMILES string of the molecule is CC(NC(=O)CCc1nc2cccnc2n1Cc1ccc(F)c(F)c1)c1ccc(N2CCN[C@@H](C)C2)cc1. The van der Waals surface area contributed by atoms with Gasteiger partial charge in [0.1, 0.15) is 11.3 Å². The average molecular weight is 519 g/mol. The second kappa shape index (κ2) is 11.3. The molecule has 0 spiro atoms. The van der Waals surface area contributed by atoms with Crippen LogP contribution in [0.15, 0.2) is 60.8 Å². The first kappa shape index (κ1) is 25.8. The van der Waals surface area contributed by atoms with Gasteiger partial charge >= 0.3 is 0 Å². The molecule has 1 aliphatic rings. The second-order valence-electron chi connectivity index (χ2n) is 9.89. The van der Waals surface area contributed by atoms with Crippen molar-refractivity contribution < 1.29 is 13.6 Å². The highest BCUT2D eigenvalue weighted by Gasteiger charge is 2.18. The summed E-state index contributed by atoms with van der Waals surface area (Å²) < 4.78 is 29.1. The van der Waals surface area contributed by atoms with Crippen molar-refractivity contribution in [3.63, 3.8) is 0 Å². The number of amides is 1. The number of pyridine rings is 1. The molecule has 5 rings (SSSR count). The van der Waals surface area contributed by atoms with Gasteiger partial charge in [0.05, 0.1) is 12.6 Å². The molecule has 38 heavy (non-hydrogen) atoms. The number of benzene rings is 2. The molecule has 2 N–H and O–H groups in total. The Labute approximate surface area is 220 Å². The van der Waals surface area contributed by atoms with E-state index in [1.165, 1.54) is 11.8 Å². The van der Waals surface area contributed by atoms with E-state index in [2.05, 4.69) is 56.7 Å². The molecule has 9 heteroatoms. The lowest BCUT2D eigenvalue weighted by Crippen LogP contribution is -2.49. The number of halogens is 2. The molecule has 1 saturated heterocycles. The highest BCUT2D eigenvalue weighted by molar-refractivity contribution is 5.77. The number of nitrogens with zero attached hydrogens (tertiary/aromatic N) is 4. The third-order valence-corrected chi connectivity index (χ3v) is 6.99. The monoisotopic (exact) mass is 518 g/mol. The Kier molecular flexibility index (Phi) is 7.64. The Morgan fingerprint density at radius 1 is 1.16 bits per heavy atom. The van der Waals surface area contributed by atoms with Crippen molar-refractivity contribution in [3.05, 3.63) is 89.4 Å². The first-order valence-corrected chi connectivity index (χ1v) is 13.0. The van der Waals surface area contributed by atoms with Crippen LogP contribution in [0.4, 0.5) is 14.5 Å². The number of imidazole rings is 1. The number of rotatable bonds is 8. The smallest absolute Gasteiger partial charge is 0.220 e. The zero-order chi connectivity index (χ0) is 26.6. The lowest BCUT2D eigenvalue weighted by atomic mass is 10.1. The lowest BCUT2D eigenvalue weighted by Gasteiger charge is -2.33. The van der Waals surface area contributed by atoms with Crippen molar-refractivity contribution in [2.45, 2.75) is 45.3 Å². The maximum atomic E-state index is 13.8. The van der Waals surface area contributed by atoms with Crippen LogP contribution < -0.4 is 15.5 Å². The van der Waals surface area contributed by atoms with E-state index < -0.39 is 11.6 Å². The van der Waals surface area contributed by atoms with Crippen molar-refractivity contribution in [2.24, 2.45) is 0 Å². The topological polar surface area (TPSA) is 75.1 Å². The summed E-state index contributed by atoms with van der Waals surface area (Å²) in [5.41, 5.74) is 4.15. The minimum absolute atomic E-state index is 0.0862. The average Bonchev–Trinajstić information content (AvgIpc) is 3.27. The molecule has 4 aromatic rings. The van der Waals surface area contributed by atoms with E-state index in [1.807, 2.05) is 17.6 Å².